The molecule has 4 aliphatic rings. The first-order valence-electron chi connectivity index (χ1n) is 15.2. The van der Waals surface area contributed by atoms with E-state index in [1.807, 2.05) is 0 Å². The molecule has 3 heterocycles. The quantitative estimate of drug-likeness (QED) is 0.169. The summed E-state index contributed by atoms with van der Waals surface area (Å²) in [6.45, 7) is 0.116. The number of phenolic OH excluding ortho intramolecular Hbond substituents is 1. The van der Waals surface area contributed by atoms with Crippen molar-refractivity contribution in [1.29, 1.82) is 0 Å². The highest BCUT2D eigenvalue weighted by molar-refractivity contribution is 7.89. The summed E-state index contributed by atoms with van der Waals surface area (Å²) in [6, 6.07) is 16.0. The highest BCUT2D eigenvalue weighted by Crippen LogP contribution is 2.42. The molecule has 0 radical (unpaired) electrons. The van der Waals surface area contributed by atoms with Gasteiger partial charge in [-0.3, -0.25) is 19.2 Å². The molecule has 0 saturated carbocycles. The van der Waals surface area contributed by atoms with Crippen LogP contribution in [0.3, 0.4) is 0 Å². The fourth-order valence-electron chi connectivity index (χ4n) is 6.53. The summed E-state index contributed by atoms with van der Waals surface area (Å²) in [4.78, 5) is 63.5. The first-order valence-corrected chi connectivity index (χ1v) is 16.6. The minimum Gasteiger partial charge on any atom is -0.508 e. The van der Waals surface area contributed by atoms with Gasteiger partial charge in [0.05, 0.1) is 21.7 Å². The zero-order valence-electron chi connectivity index (χ0n) is 25.8. The fourth-order valence-corrected chi connectivity index (χ4v) is 8.25. The molecule has 1 atom stereocenters. The summed E-state index contributed by atoms with van der Waals surface area (Å²) in [5, 5.41) is 23.5. The molecule has 3 aromatic carbocycles. The molecule has 3 N–H and O–H groups in total. The highest BCUT2D eigenvalue weighted by Gasteiger charge is 2.39. The van der Waals surface area contributed by atoms with Gasteiger partial charge in [0.25, 0.3) is 17.6 Å². The molecule has 2 amide bonds. The van der Waals surface area contributed by atoms with Gasteiger partial charge in [-0.25, -0.2) is 13.2 Å². The molecule has 49 heavy (non-hydrogen) atoms. The number of carbonyl (C=O) groups is 4. The number of carboxylic acid groups (broad SMARTS) is 1. The van der Waals surface area contributed by atoms with E-state index in [4.69, 9.17) is 4.42 Å². The number of sulfonamides is 1. The Bertz CT molecular complexity index is 2400. The molecule has 1 fully saturated rings. The monoisotopic (exact) mass is 681 g/mol. The second kappa shape index (κ2) is 11.7. The smallest absolute Gasteiger partial charge is 0.336 e. The number of aromatic carboxylic acids is 1. The highest BCUT2D eigenvalue weighted by atomic mass is 32.2. The van der Waals surface area contributed by atoms with E-state index in [2.05, 4.69) is 5.32 Å². The second-order valence-electron chi connectivity index (χ2n) is 11.9. The number of amides is 2. The van der Waals surface area contributed by atoms with Gasteiger partial charge in [0.1, 0.15) is 17.1 Å². The van der Waals surface area contributed by atoms with E-state index in [1.54, 1.807) is 6.07 Å². The van der Waals surface area contributed by atoms with Crippen LogP contribution in [-0.2, 0) is 14.8 Å². The van der Waals surface area contributed by atoms with Crippen molar-refractivity contribution in [3.05, 3.63) is 99.7 Å². The third kappa shape index (κ3) is 5.30. The molecular weight excluding hydrogens is 654 g/mol. The molecule has 3 aliphatic heterocycles. The minimum absolute atomic E-state index is 0.00880. The van der Waals surface area contributed by atoms with Crippen molar-refractivity contribution in [3.63, 3.8) is 0 Å². The number of Topliss-reactive ketones (excluding diaryl/α,β-unsaturated/α-hetero) is 1. The van der Waals surface area contributed by atoms with Crippen LogP contribution in [0, 0.1) is 0 Å². The summed E-state index contributed by atoms with van der Waals surface area (Å²) in [5.74, 6) is -3.38. The van der Waals surface area contributed by atoms with Crippen LogP contribution >= 0.6 is 0 Å². The van der Waals surface area contributed by atoms with E-state index in [-0.39, 0.29) is 62.8 Å². The van der Waals surface area contributed by atoms with Gasteiger partial charge in [-0.15, -0.1) is 0 Å². The Kier molecular flexibility index (Phi) is 7.56. The van der Waals surface area contributed by atoms with Gasteiger partial charge in [0.15, 0.2) is 5.43 Å². The van der Waals surface area contributed by atoms with E-state index in [0.717, 1.165) is 0 Å². The van der Waals surface area contributed by atoms with Gasteiger partial charge in [-0.2, -0.15) is 4.31 Å². The lowest BCUT2D eigenvalue weighted by molar-refractivity contribution is -0.114. The van der Waals surface area contributed by atoms with Gasteiger partial charge < -0.3 is 24.8 Å². The summed E-state index contributed by atoms with van der Waals surface area (Å²) >= 11 is 0. The van der Waals surface area contributed by atoms with Crippen LogP contribution in [0.15, 0.2) is 86.9 Å². The molecule has 0 bridgehead atoms. The molecule has 3 aromatic rings. The van der Waals surface area contributed by atoms with Crippen molar-refractivity contribution >= 4 is 50.2 Å². The van der Waals surface area contributed by atoms with Gasteiger partial charge in [0.2, 0.25) is 10.0 Å². The zero-order chi connectivity index (χ0) is 34.8. The number of benzene rings is 4. The van der Waals surface area contributed by atoms with Crippen molar-refractivity contribution in [2.24, 2.45) is 0 Å². The van der Waals surface area contributed by atoms with E-state index in [9.17, 15) is 42.6 Å². The standard InChI is InChI=1S/C35H27N3O10S/c1-37-28-11-7-22(16-27(28)32(41)34(37)43)49(46,47)38-12-2-3-19(38)17-36-33(42)18-4-8-23(26(13-18)35(44)45)31-24-9-5-20(39)14-29(24)48-30-15-21(40)6-10-25(30)31/h4-11,13-16,19,39H,2-3,12,17H2,1H3,(H,36,42)(H,44,45)/t19-/m0/s1. The maximum absolute atomic E-state index is 13.6. The summed E-state index contributed by atoms with van der Waals surface area (Å²) in [5.41, 5.74) is 1.16. The van der Waals surface area contributed by atoms with Gasteiger partial charge in [-0.05, 0) is 73.0 Å². The van der Waals surface area contributed by atoms with Gasteiger partial charge in [0, 0.05) is 60.4 Å². The van der Waals surface area contributed by atoms with E-state index in [1.165, 1.54) is 83.0 Å². The number of hydrogen-bond donors (Lipinski definition) is 3. The fraction of sp³-hybridized carbons (Fsp3) is 0.171. The lowest BCUT2D eigenvalue weighted by Crippen LogP contribution is -2.43. The Morgan fingerprint density at radius 1 is 0.939 bits per heavy atom. The van der Waals surface area contributed by atoms with Crippen LogP contribution in [0.25, 0.3) is 33.4 Å². The minimum atomic E-state index is -4.10. The third-order valence-electron chi connectivity index (χ3n) is 8.96. The maximum atomic E-state index is 13.6. The van der Waals surface area contributed by atoms with Crippen LogP contribution in [0.5, 0.6) is 5.75 Å². The van der Waals surface area contributed by atoms with E-state index in [0.29, 0.717) is 35.0 Å². The van der Waals surface area contributed by atoms with Crippen molar-refractivity contribution < 1.29 is 42.2 Å². The number of aromatic hydroxyl groups is 1. The number of rotatable bonds is 7. The number of carboxylic acids is 1. The zero-order valence-corrected chi connectivity index (χ0v) is 26.6. The van der Waals surface area contributed by atoms with Crippen molar-refractivity contribution in [3.8, 4) is 28.2 Å². The summed E-state index contributed by atoms with van der Waals surface area (Å²) in [6.07, 6.45) is 0.976. The van der Waals surface area contributed by atoms with Gasteiger partial charge >= 0.3 is 5.97 Å². The first kappa shape index (κ1) is 31.7. The van der Waals surface area contributed by atoms with Crippen LogP contribution < -0.4 is 15.6 Å². The Morgan fingerprint density at radius 3 is 2.49 bits per heavy atom. The van der Waals surface area contributed by atoms with Crippen molar-refractivity contribution in [1.82, 2.24) is 9.62 Å². The predicted octanol–water partition coefficient (Wildman–Crippen LogP) is 3.71. The van der Waals surface area contributed by atoms with Crippen molar-refractivity contribution in [2.45, 2.75) is 23.8 Å². The van der Waals surface area contributed by atoms with Crippen molar-refractivity contribution in [2.75, 3.05) is 25.0 Å². The van der Waals surface area contributed by atoms with E-state index >= 15 is 0 Å². The number of ketones is 1. The summed E-state index contributed by atoms with van der Waals surface area (Å²) < 4.78 is 34.4. The normalized spacial score (nSPS) is 16.4. The Morgan fingerprint density at radius 2 is 1.71 bits per heavy atom. The average Bonchev–Trinajstić information content (AvgIpc) is 3.65. The number of nitrogens with zero attached hydrogens (tertiary/aromatic N) is 2. The first-order chi connectivity index (χ1) is 23.3. The second-order valence-corrected chi connectivity index (χ2v) is 13.8. The number of carbonyl (C=O) groups excluding carboxylic acids is 3. The van der Waals surface area contributed by atoms with Crippen LogP contribution in [-0.4, -0.2) is 72.7 Å². The lowest BCUT2D eigenvalue weighted by Gasteiger charge is -2.24. The molecule has 0 spiro atoms. The third-order valence-corrected chi connectivity index (χ3v) is 10.9. The largest absolute Gasteiger partial charge is 0.508 e. The van der Waals surface area contributed by atoms with Crippen LogP contribution in [0.4, 0.5) is 5.69 Å². The molecule has 1 aliphatic carbocycles. The van der Waals surface area contributed by atoms with Crippen LogP contribution in [0.2, 0.25) is 0 Å². The van der Waals surface area contributed by atoms with Gasteiger partial charge in [-0.1, -0.05) is 6.07 Å². The van der Waals surface area contributed by atoms with E-state index < -0.39 is 39.6 Å². The Labute approximate surface area is 278 Å². The molecule has 1 saturated heterocycles. The number of anilines is 1. The molecule has 7 rings (SSSR count). The maximum Gasteiger partial charge on any atom is 0.336 e. The molecule has 248 valence electrons. The molecule has 13 nitrogen and oxygen atoms in total. The number of phenols is 1. The molecular formula is C35H27N3O10S. The number of likely N-dealkylation sites (N-methyl/N-ethyl adjacent to an activating group) is 1. The topological polar surface area (TPSA) is 192 Å². The molecule has 0 aromatic heterocycles. The predicted molar refractivity (Wildman–Crippen MR) is 177 cm³/mol. The Balaban J connectivity index is 1.16. The lowest BCUT2D eigenvalue weighted by atomic mass is 9.90. The average molecular weight is 682 g/mol. The SMILES string of the molecule is CN1C(=O)C(=O)c2cc(S(=O)(=O)N3CCC[C@H]3CNC(=O)c3ccc(-c4c5ccc(=O)cc-5oc5cc(O)ccc45)c(C(=O)O)c3)ccc21. The number of fused-ring (bicyclic) bond motifs is 3. The number of hydrogen-bond acceptors (Lipinski definition) is 9. The Hall–Kier alpha value is -5.86. The number of nitrogens with one attached hydrogen (secondary N) is 1. The van der Waals surface area contributed by atoms with Crippen LogP contribution in [0.1, 0.15) is 43.9 Å². The molecule has 14 heteroatoms. The summed E-state index contributed by atoms with van der Waals surface area (Å²) in [7, 11) is -2.66. The molecule has 0 unspecified atom stereocenters.